The number of carboxylic acids is 1. The molecule has 1 aromatic heterocycles. The second-order valence-corrected chi connectivity index (χ2v) is 8.55. The molecule has 34 heavy (non-hydrogen) atoms. The van der Waals surface area contributed by atoms with E-state index in [9.17, 15) is 14.7 Å². The number of amides is 1. The molecule has 3 rings (SSSR count). The van der Waals surface area contributed by atoms with Crippen LogP contribution in [0.4, 0.5) is 0 Å². The number of carboxylic acid groups (broad SMARTS) is 1. The Balaban J connectivity index is 0.00000408. The maximum atomic E-state index is 13.1. The smallest absolute Gasteiger partial charge is 0.548 e. The molecule has 172 valence electrons. The van der Waals surface area contributed by atoms with Crippen molar-refractivity contribution in [2.75, 3.05) is 12.0 Å². The van der Waals surface area contributed by atoms with Gasteiger partial charge in [-0.25, -0.2) is 0 Å². The molecule has 9 heteroatoms. The van der Waals surface area contributed by atoms with Crippen LogP contribution >= 0.6 is 11.8 Å². The van der Waals surface area contributed by atoms with Crippen LogP contribution in [-0.2, 0) is 22.7 Å². The monoisotopic (exact) mass is 471 g/mol. The van der Waals surface area contributed by atoms with Crippen LogP contribution in [0.3, 0.4) is 0 Å². The molecule has 0 aliphatic rings. The first-order chi connectivity index (χ1) is 16.0. The van der Waals surface area contributed by atoms with Crippen molar-refractivity contribution in [2.24, 2.45) is 0 Å². The third-order valence-corrected chi connectivity index (χ3v) is 5.79. The van der Waals surface area contributed by atoms with Crippen LogP contribution in [0, 0.1) is 6.92 Å². The van der Waals surface area contributed by atoms with Gasteiger partial charge in [-0.05, 0) is 71.4 Å². The Morgan fingerprint density at radius 2 is 1.82 bits per heavy atom. The number of nitrogens with one attached hydrogen (secondary N) is 1. The summed E-state index contributed by atoms with van der Waals surface area (Å²) in [6.45, 7) is 2.71. The molecule has 1 amide bonds. The molecule has 0 fully saturated rings. The number of aromatic nitrogens is 2. The maximum Gasteiger partial charge on any atom is 1.00 e. The van der Waals surface area contributed by atoms with Gasteiger partial charge in [0.15, 0.2) is 0 Å². The van der Waals surface area contributed by atoms with Crippen molar-refractivity contribution < 1.29 is 38.3 Å². The Labute approximate surface area is 215 Å². The van der Waals surface area contributed by atoms with Crippen LogP contribution in [0.1, 0.15) is 33.5 Å². The number of nitrogens with zero attached hydrogens (tertiary/aromatic N) is 2. The summed E-state index contributed by atoms with van der Waals surface area (Å²) in [5, 5.41) is 21.7. The quantitative estimate of drug-likeness (QED) is 0.386. The summed E-state index contributed by atoms with van der Waals surface area (Å²) < 4.78 is 5.81. The van der Waals surface area contributed by atoms with Gasteiger partial charge in [0.2, 0.25) is 0 Å². The van der Waals surface area contributed by atoms with E-state index in [1.54, 1.807) is 18.5 Å². The molecule has 0 spiro atoms. The largest absolute Gasteiger partial charge is 1.00 e. The van der Waals surface area contributed by atoms with E-state index in [1.165, 1.54) is 11.8 Å². The number of thioether (sulfide) groups is 1. The Morgan fingerprint density at radius 3 is 2.50 bits per heavy atom. The van der Waals surface area contributed by atoms with Gasteiger partial charge in [-0.2, -0.15) is 22.0 Å². The van der Waals surface area contributed by atoms with E-state index in [2.05, 4.69) is 15.5 Å². The molecule has 1 atom stereocenters. The number of ether oxygens (including phenoxy) is 1. The molecule has 0 aliphatic heterocycles. The van der Waals surface area contributed by atoms with Crippen molar-refractivity contribution >= 4 is 23.6 Å². The topological polar surface area (TPSA) is 104 Å². The van der Waals surface area contributed by atoms with Crippen LogP contribution in [0.15, 0.2) is 60.9 Å². The fraction of sp³-hybridized carbons (Fsp3) is 0.280. The molecule has 2 aromatic carbocycles. The first kappa shape index (κ1) is 27.6. The van der Waals surface area contributed by atoms with E-state index < -0.39 is 17.9 Å². The molecule has 0 bridgehead atoms. The maximum absolute atomic E-state index is 13.1. The Kier molecular flexibility index (Phi) is 11.3. The first-order valence-electron chi connectivity index (χ1n) is 10.5. The average molecular weight is 472 g/mol. The fourth-order valence-corrected chi connectivity index (χ4v) is 3.86. The average Bonchev–Trinajstić information content (AvgIpc) is 2.82. The second kappa shape index (κ2) is 13.9. The van der Waals surface area contributed by atoms with E-state index in [-0.39, 0.29) is 18.9 Å². The van der Waals surface area contributed by atoms with Crippen LogP contribution < -0.4 is 29.3 Å². The van der Waals surface area contributed by atoms with Crippen LogP contribution in [0.25, 0.3) is 11.1 Å². The number of carbonyl (C=O) groups is 2. The van der Waals surface area contributed by atoms with Crippen molar-refractivity contribution in [2.45, 2.75) is 32.6 Å². The van der Waals surface area contributed by atoms with Crippen molar-refractivity contribution in [3.63, 3.8) is 0 Å². The van der Waals surface area contributed by atoms with Gasteiger partial charge >= 0.3 is 18.9 Å². The molecular weight excluding hydrogens is 445 g/mol. The van der Waals surface area contributed by atoms with Crippen molar-refractivity contribution in [1.82, 2.24) is 15.5 Å². The van der Waals surface area contributed by atoms with E-state index in [1.807, 2.05) is 55.6 Å². The minimum Gasteiger partial charge on any atom is -0.548 e. The number of aliphatic carboxylic acids is 1. The predicted molar refractivity (Wildman–Crippen MR) is 126 cm³/mol. The SMILES string of the molecule is CSCC[C@H](NC(=O)c1ccc(COCc2ccnnc2)cc1-c1ccccc1C)C(=O)[O-].[Li+]. The van der Waals surface area contributed by atoms with Crippen LogP contribution in [0.5, 0.6) is 0 Å². The van der Waals surface area contributed by atoms with Gasteiger partial charge in [0.1, 0.15) is 0 Å². The summed E-state index contributed by atoms with van der Waals surface area (Å²) in [5.74, 6) is -1.13. The minimum absolute atomic E-state index is 0. The zero-order valence-corrected chi connectivity index (χ0v) is 20.4. The van der Waals surface area contributed by atoms with Crippen LogP contribution in [-0.4, -0.2) is 40.1 Å². The molecule has 1 N–H and O–H groups in total. The van der Waals surface area contributed by atoms with Gasteiger partial charge in [0.05, 0.1) is 31.4 Å². The van der Waals surface area contributed by atoms with E-state index >= 15 is 0 Å². The Morgan fingerprint density at radius 1 is 1.06 bits per heavy atom. The van der Waals surface area contributed by atoms with Gasteiger partial charge in [0.25, 0.3) is 5.91 Å². The van der Waals surface area contributed by atoms with Gasteiger partial charge in [0, 0.05) is 11.8 Å². The van der Waals surface area contributed by atoms with Gasteiger partial charge in [-0.15, -0.1) is 0 Å². The first-order valence-corrected chi connectivity index (χ1v) is 11.9. The third kappa shape index (κ3) is 7.71. The van der Waals surface area contributed by atoms with E-state index in [0.29, 0.717) is 31.0 Å². The number of rotatable bonds is 11. The molecule has 7 nitrogen and oxygen atoms in total. The number of aryl methyl sites for hydroxylation is 1. The van der Waals surface area contributed by atoms with E-state index in [0.717, 1.165) is 27.8 Å². The zero-order valence-electron chi connectivity index (χ0n) is 19.6. The molecule has 0 aliphatic carbocycles. The number of carbonyl (C=O) groups excluding carboxylic acids is 2. The van der Waals surface area contributed by atoms with Gasteiger partial charge < -0.3 is 20.0 Å². The molecule has 1 heterocycles. The summed E-state index contributed by atoms with van der Waals surface area (Å²) in [4.78, 5) is 24.6. The molecule has 0 radical (unpaired) electrons. The second-order valence-electron chi connectivity index (χ2n) is 7.56. The summed E-state index contributed by atoms with van der Waals surface area (Å²) in [6, 6.07) is 14.0. The van der Waals surface area contributed by atoms with Gasteiger partial charge in [-0.1, -0.05) is 30.3 Å². The zero-order chi connectivity index (χ0) is 23.6. The molecule has 0 unspecified atom stereocenters. The predicted octanol–water partition coefficient (Wildman–Crippen LogP) is -0.226. The summed E-state index contributed by atoms with van der Waals surface area (Å²) in [7, 11) is 0. The third-order valence-electron chi connectivity index (χ3n) is 5.15. The van der Waals surface area contributed by atoms with Crippen molar-refractivity contribution in [3.05, 3.63) is 83.2 Å². The molecule has 3 aromatic rings. The van der Waals surface area contributed by atoms with Crippen LogP contribution in [0.2, 0.25) is 0 Å². The van der Waals surface area contributed by atoms with Crippen molar-refractivity contribution in [3.8, 4) is 11.1 Å². The minimum atomic E-state index is -1.29. The number of hydrogen-bond acceptors (Lipinski definition) is 7. The fourth-order valence-electron chi connectivity index (χ4n) is 3.39. The Hall–Kier alpha value is -2.63. The summed E-state index contributed by atoms with van der Waals surface area (Å²) >= 11 is 1.52. The number of benzene rings is 2. The van der Waals surface area contributed by atoms with Gasteiger partial charge in [-0.3, -0.25) is 4.79 Å². The summed E-state index contributed by atoms with van der Waals surface area (Å²) in [5.41, 5.74) is 4.84. The molecular formula is C25H26LiN3O4S. The summed E-state index contributed by atoms with van der Waals surface area (Å²) in [6.07, 6.45) is 5.44. The Bertz CT molecular complexity index is 1100. The van der Waals surface area contributed by atoms with Crippen molar-refractivity contribution in [1.29, 1.82) is 0 Å². The standard InChI is InChI=1S/C25H27N3O4S.Li/c1-17-5-3-4-6-20(17)22-13-18(15-32-16-19-9-11-26-27-14-19)7-8-21(22)24(29)28-23(25(30)31)10-12-33-2;/h3-9,11,13-14,23H,10,12,15-16H2,1-2H3,(H,28,29)(H,30,31);/q;+1/p-1/t23-;/m0./s1. The normalized spacial score (nSPS) is 11.4. The number of hydrogen-bond donors (Lipinski definition) is 1. The van der Waals surface area contributed by atoms with E-state index in [4.69, 9.17) is 4.74 Å². The molecule has 0 saturated heterocycles. The molecule has 0 saturated carbocycles.